The molecule has 0 spiro atoms. The van der Waals surface area contributed by atoms with E-state index in [1.165, 1.54) is 11.8 Å². The summed E-state index contributed by atoms with van der Waals surface area (Å²) in [5.41, 5.74) is 1.22. The quantitative estimate of drug-likeness (QED) is 0.238. The molecule has 0 fully saturated rings. The summed E-state index contributed by atoms with van der Waals surface area (Å²) in [6.07, 6.45) is 1.67. The molecule has 0 bridgehead atoms. The minimum Gasteiger partial charge on any atom is -0.445 e. The van der Waals surface area contributed by atoms with E-state index >= 15 is 0 Å². The van der Waals surface area contributed by atoms with E-state index in [1.54, 1.807) is 52.2 Å². The van der Waals surface area contributed by atoms with Gasteiger partial charge in [0.15, 0.2) is 0 Å². The molecule has 1 aliphatic rings. The van der Waals surface area contributed by atoms with Crippen LogP contribution < -0.4 is 21.3 Å². The fraction of sp³-hybridized carbons (Fsp3) is 0.481. The monoisotopic (exact) mass is 558 g/mol. The Hall–Kier alpha value is -4.26. The molecule has 0 saturated heterocycles. The first-order valence-corrected chi connectivity index (χ1v) is 13.0. The number of benzene rings is 1. The van der Waals surface area contributed by atoms with Gasteiger partial charge in [0.2, 0.25) is 17.7 Å². The highest BCUT2D eigenvalue weighted by Gasteiger charge is 2.28. The number of likely N-dealkylation sites (N-methyl/N-ethyl adjacent to an activating group) is 2. The van der Waals surface area contributed by atoms with E-state index in [9.17, 15) is 28.8 Å². The lowest BCUT2D eigenvalue weighted by atomic mass is 10.0. The molecule has 1 aromatic carbocycles. The standard InChI is InChI=1S/C27H38N6O7/c1-17(2)24(31-21(34)12-14-33-22(35)10-11-23(33)36)26(38)29-18(3)25(37)30-20-8-6-19(7-9-20)16-40-27(39)32(5)15-13-28-4/h6-11,17-18,24,28H,12-16H2,1-5H3,(H,29,38)(H,30,37)(H,31,34)/t18-,24-/m0/s1. The molecule has 6 amide bonds. The van der Waals surface area contributed by atoms with Crippen molar-refractivity contribution in [2.45, 2.75) is 45.9 Å². The van der Waals surface area contributed by atoms with E-state index in [4.69, 9.17) is 4.74 Å². The maximum atomic E-state index is 12.8. The lowest BCUT2D eigenvalue weighted by Crippen LogP contribution is -2.54. The van der Waals surface area contributed by atoms with Crippen LogP contribution in [0.3, 0.4) is 0 Å². The fourth-order valence-electron chi connectivity index (χ4n) is 3.58. The largest absolute Gasteiger partial charge is 0.445 e. The molecule has 2 rings (SSSR count). The fourth-order valence-corrected chi connectivity index (χ4v) is 3.58. The zero-order chi connectivity index (χ0) is 29.8. The predicted octanol–water partition coefficient (Wildman–Crippen LogP) is 0.374. The highest BCUT2D eigenvalue weighted by atomic mass is 16.6. The van der Waals surface area contributed by atoms with Gasteiger partial charge in [0.05, 0.1) is 0 Å². The van der Waals surface area contributed by atoms with E-state index in [2.05, 4.69) is 21.3 Å². The molecule has 4 N–H and O–H groups in total. The third kappa shape index (κ3) is 9.80. The molecule has 2 atom stereocenters. The Bertz CT molecular complexity index is 1100. The number of carbonyl (C=O) groups excluding carboxylic acids is 6. The van der Waals surface area contributed by atoms with Crippen LogP contribution in [0.4, 0.5) is 10.5 Å². The van der Waals surface area contributed by atoms with E-state index in [-0.39, 0.29) is 25.5 Å². The average Bonchev–Trinajstić information content (AvgIpc) is 3.24. The minimum absolute atomic E-state index is 0.0766. The summed E-state index contributed by atoms with van der Waals surface area (Å²) in [4.78, 5) is 75.6. The summed E-state index contributed by atoms with van der Waals surface area (Å²) in [7, 11) is 3.44. The summed E-state index contributed by atoms with van der Waals surface area (Å²) in [6.45, 7) is 6.14. The number of hydrogen-bond donors (Lipinski definition) is 4. The average molecular weight is 559 g/mol. The first-order valence-electron chi connectivity index (χ1n) is 13.0. The van der Waals surface area contributed by atoms with E-state index in [1.807, 2.05) is 0 Å². The van der Waals surface area contributed by atoms with Crippen LogP contribution in [0.15, 0.2) is 36.4 Å². The third-order valence-corrected chi connectivity index (χ3v) is 6.07. The Balaban J connectivity index is 1.82. The molecule has 13 heteroatoms. The van der Waals surface area contributed by atoms with Gasteiger partial charge in [0.25, 0.3) is 11.8 Å². The van der Waals surface area contributed by atoms with Crippen LogP contribution in [-0.4, -0.2) is 91.2 Å². The molecule has 0 unspecified atom stereocenters. The first kappa shape index (κ1) is 32.0. The van der Waals surface area contributed by atoms with Crippen molar-refractivity contribution >= 4 is 41.3 Å². The Morgan fingerprint density at radius 3 is 2.15 bits per heavy atom. The number of hydrogen-bond acceptors (Lipinski definition) is 8. The lowest BCUT2D eigenvalue weighted by Gasteiger charge is -2.24. The van der Waals surface area contributed by atoms with Crippen LogP contribution in [0.5, 0.6) is 0 Å². The van der Waals surface area contributed by atoms with Crippen LogP contribution in [-0.2, 0) is 35.3 Å². The Labute approximate surface area is 233 Å². The van der Waals surface area contributed by atoms with Crippen molar-refractivity contribution in [1.82, 2.24) is 25.8 Å². The summed E-state index contributed by atoms with van der Waals surface area (Å²) >= 11 is 0. The van der Waals surface area contributed by atoms with Crippen LogP contribution in [0.25, 0.3) is 0 Å². The zero-order valence-corrected chi connectivity index (χ0v) is 23.5. The van der Waals surface area contributed by atoms with Crippen molar-refractivity contribution in [3.8, 4) is 0 Å². The van der Waals surface area contributed by atoms with Gasteiger partial charge >= 0.3 is 6.09 Å². The number of ether oxygens (including phenoxy) is 1. The molecule has 0 radical (unpaired) electrons. The van der Waals surface area contributed by atoms with Gasteiger partial charge in [-0.25, -0.2) is 4.79 Å². The maximum absolute atomic E-state index is 12.8. The summed E-state index contributed by atoms with van der Waals surface area (Å²) in [6, 6.07) is 4.90. The predicted molar refractivity (Wildman–Crippen MR) is 147 cm³/mol. The van der Waals surface area contributed by atoms with Gasteiger partial charge in [0, 0.05) is 50.9 Å². The van der Waals surface area contributed by atoms with E-state index in [0.29, 0.717) is 18.8 Å². The van der Waals surface area contributed by atoms with Gasteiger partial charge in [-0.3, -0.25) is 28.9 Å². The van der Waals surface area contributed by atoms with Gasteiger partial charge < -0.3 is 30.9 Å². The molecular weight excluding hydrogens is 520 g/mol. The first-order chi connectivity index (χ1) is 18.9. The topological polar surface area (TPSA) is 166 Å². The Morgan fingerprint density at radius 2 is 1.57 bits per heavy atom. The molecule has 1 heterocycles. The van der Waals surface area contributed by atoms with Crippen LogP contribution in [0, 0.1) is 5.92 Å². The molecule has 1 aromatic rings. The molecule has 0 aliphatic carbocycles. The van der Waals surface area contributed by atoms with Crippen molar-refractivity contribution in [2.24, 2.45) is 5.92 Å². The minimum atomic E-state index is -0.926. The number of rotatable bonds is 14. The molecular formula is C27H38N6O7. The van der Waals surface area contributed by atoms with Crippen molar-refractivity contribution in [2.75, 3.05) is 39.0 Å². The second-order valence-electron chi connectivity index (χ2n) is 9.70. The molecule has 218 valence electrons. The maximum Gasteiger partial charge on any atom is 0.409 e. The summed E-state index contributed by atoms with van der Waals surface area (Å²) in [5.74, 6) is -2.78. The second-order valence-corrected chi connectivity index (χ2v) is 9.70. The second kappa shape index (κ2) is 15.4. The molecule has 0 aromatic heterocycles. The van der Waals surface area contributed by atoms with Crippen molar-refractivity contribution in [3.05, 3.63) is 42.0 Å². The molecule has 13 nitrogen and oxygen atoms in total. The Kier molecular flexibility index (Phi) is 12.3. The number of amides is 6. The number of imide groups is 1. The van der Waals surface area contributed by atoms with Gasteiger partial charge in [0.1, 0.15) is 18.7 Å². The SMILES string of the molecule is CNCCN(C)C(=O)OCc1ccc(NC(=O)[C@H](C)NC(=O)[C@@H](NC(=O)CCN2C(=O)C=CC2=O)C(C)C)cc1. The van der Waals surface area contributed by atoms with Crippen molar-refractivity contribution in [1.29, 1.82) is 0 Å². The number of carbonyl (C=O) groups is 6. The van der Waals surface area contributed by atoms with Crippen LogP contribution in [0.1, 0.15) is 32.8 Å². The van der Waals surface area contributed by atoms with Crippen molar-refractivity contribution < 1.29 is 33.5 Å². The smallest absolute Gasteiger partial charge is 0.409 e. The van der Waals surface area contributed by atoms with Crippen molar-refractivity contribution in [3.63, 3.8) is 0 Å². The highest BCUT2D eigenvalue weighted by molar-refractivity contribution is 6.13. The number of anilines is 1. The number of nitrogens with zero attached hydrogens (tertiary/aromatic N) is 2. The molecule has 0 saturated carbocycles. The molecule has 40 heavy (non-hydrogen) atoms. The van der Waals surface area contributed by atoms with E-state index in [0.717, 1.165) is 22.6 Å². The van der Waals surface area contributed by atoms with Gasteiger partial charge in [-0.05, 0) is 37.6 Å². The van der Waals surface area contributed by atoms with E-state index < -0.39 is 47.7 Å². The number of nitrogens with one attached hydrogen (secondary N) is 4. The molecule has 1 aliphatic heterocycles. The third-order valence-electron chi connectivity index (χ3n) is 6.07. The van der Waals surface area contributed by atoms with Gasteiger partial charge in [-0.1, -0.05) is 26.0 Å². The lowest BCUT2D eigenvalue weighted by molar-refractivity contribution is -0.137. The summed E-state index contributed by atoms with van der Waals surface area (Å²) < 4.78 is 5.27. The zero-order valence-electron chi connectivity index (χ0n) is 23.5. The normalized spacial score (nSPS) is 14.1. The summed E-state index contributed by atoms with van der Waals surface area (Å²) in [5, 5.41) is 10.9. The van der Waals surface area contributed by atoms with Crippen LogP contribution >= 0.6 is 0 Å². The van der Waals surface area contributed by atoms with Gasteiger partial charge in [-0.15, -0.1) is 0 Å². The highest BCUT2D eigenvalue weighted by Crippen LogP contribution is 2.12. The Morgan fingerprint density at radius 1 is 0.950 bits per heavy atom. The van der Waals surface area contributed by atoms with Gasteiger partial charge in [-0.2, -0.15) is 0 Å². The van der Waals surface area contributed by atoms with Crippen LogP contribution in [0.2, 0.25) is 0 Å².